The fourth-order valence-corrected chi connectivity index (χ4v) is 4.33. The molecule has 2 unspecified atom stereocenters. The fraction of sp³-hybridized carbons (Fsp3) is 0.400. The first kappa shape index (κ1) is 24.3. The Morgan fingerprint density at radius 2 is 1.41 bits per heavy atom. The molecule has 4 heteroatoms. The van der Waals surface area contributed by atoms with Gasteiger partial charge in [0.05, 0.1) is 43.3 Å². The first-order valence-electron chi connectivity index (χ1n) is 12.4. The van der Waals surface area contributed by atoms with Gasteiger partial charge >= 0.3 is 0 Å². The Balaban J connectivity index is 1.50. The topological polar surface area (TPSA) is 42.5 Å². The summed E-state index contributed by atoms with van der Waals surface area (Å²) >= 11 is 0. The molecular weight excluding hydrogens is 420 g/mol. The number of ether oxygens (including phenoxy) is 2. The first-order chi connectivity index (χ1) is 16.6. The van der Waals surface area contributed by atoms with Crippen molar-refractivity contribution in [2.75, 3.05) is 37.6 Å². The third-order valence-electron chi connectivity index (χ3n) is 6.48. The van der Waals surface area contributed by atoms with Crippen molar-refractivity contribution in [2.45, 2.75) is 45.2 Å². The Morgan fingerprint density at radius 3 is 2.03 bits per heavy atom. The van der Waals surface area contributed by atoms with Gasteiger partial charge in [0.25, 0.3) is 0 Å². The molecule has 0 aromatic heterocycles. The van der Waals surface area contributed by atoms with E-state index in [-0.39, 0.29) is 6.04 Å². The highest BCUT2D eigenvalue weighted by Gasteiger charge is 2.32. The van der Waals surface area contributed by atoms with E-state index in [1.54, 1.807) is 7.11 Å². The minimum absolute atomic E-state index is 0.154. The highest BCUT2D eigenvalue weighted by Crippen LogP contribution is 2.43. The van der Waals surface area contributed by atoms with Crippen LogP contribution >= 0.6 is 0 Å². The van der Waals surface area contributed by atoms with Crippen molar-refractivity contribution in [3.63, 3.8) is 0 Å². The van der Waals surface area contributed by atoms with E-state index >= 15 is 0 Å². The van der Waals surface area contributed by atoms with Crippen LogP contribution in [0.25, 0.3) is 0 Å². The predicted octanol–water partition coefficient (Wildman–Crippen LogP) is 6.55. The molecule has 1 aliphatic carbocycles. The summed E-state index contributed by atoms with van der Waals surface area (Å²) in [5.41, 5.74) is 7.51. The lowest BCUT2D eigenvalue weighted by atomic mass is 10.0. The van der Waals surface area contributed by atoms with Gasteiger partial charge in [0, 0.05) is 7.11 Å². The molecule has 0 bridgehead atoms. The second-order valence-electron chi connectivity index (χ2n) is 9.51. The Labute approximate surface area is 204 Å². The molecule has 2 N–H and O–H groups in total. The minimum Gasteiger partial charge on any atom is -0.382 e. The van der Waals surface area contributed by atoms with Crippen LogP contribution in [0.3, 0.4) is 0 Å². The van der Waals surface area contributed by atoms with Crippen LogP contribution in [0, 0.1) is 19.8 Å². The Kier molecular flexibility index (Phi) is 8.62. The first-order valence-corrected chi connectivity index (χ1v) is 12.4. The van der Waals surface area contributed by atoms with Crippen molar-refractivity contribution in [1.82, 2.24) is 0 Å². The van der Waals surface area contributed by atoms with Gasteiger partial charge < -0.3 is 20.1 Å². The van der Waals surface area contributed by atoms with Crippen LogP contribution in [0.2, 0.25) is 0 Å². The van der Waals surface area contributed by atoms with Gasteiger partial charge in [0.15, 0.2) is 0 Å². The molecule has 34 heavy (non-hydrogen) atoms. The smallest absolute Gasteiger partial charge is 0.0701 e. The van der Waals surface area contributed by atoms with E-state index in [4.69, 9.17) is 9.47 Å². The summed E-state index contributed by atoms with van der Waals surface area (Å²) in [6.07, 6.45) is 3.46. The summed E-state index contributed by atoms with van der Waals surface area (Å²) in [6, 6.07) is 26.8. The van der Waals surface area contributed by atoms with Crippen LogP contribution in [0.15, 0.2) is 72.8 Å². The molecule has 1 aliphatic rings. The van der Waals surface area contributed by atoms with Crippen molar-refractivity contribution < 1.29 is 9.47 Å². The molecule has 0 aliphatic heterocycles. The Morgan fingerprint density at radius 1 is 0.794 bits per heavy atom. The zero-order chi connectivity index (χ0) is 23.8. The standard InChI is InChI=1S/C30H38N2O2/c1-22-8-12-24(13-9-22)20-27(21-34-19-18-33-3)31-28-6-4-5-7-29(28)32-30(26-16-17-26)25-14-10-23(2)11-15-25/h4-15,26-27,30-32H,16-21H2,1-3H3. The lowest BCUT2D eigenvalue weighted by molar-refractivity contribution is 0.0659. The molecule has 0 heterocycles. The van der Waals surface area contributed by atoms with E-state index < -0.39 is 0 Å². The van der Waals surface area contributed by atoms with E-state index in [2.05, 4.69) is 97.3 Å². The third kappa shape index (κ3) is 7.09. The average Bonchev–Trinajstić information content (AvgIpc) is 3.69. The summed E-state index contributed by atoms with van der Waals surface area (Å²) in [4.78, 5) is 0. The second-order valence-corrected chi connectivity index (χ2v) is 9.51. The maximum absolute atomic E-state index is 5.95. The van der Waals surface area contributed by atoms with E-state index in [9.17, 15) is 0 Å². The Hall–Kier alpha value is -2.82. The van der Waals surface area contributed by atoms with Crippen molar-refractivity contribution in [3.8, 4) is 0 Å². The van der Waals surface area contributed by atoms with Crippen molar-refractivity contribution >= 4 is 11.4 Å². The molecule has 1 saturated carbocycles. The number of benzene rings is 3. The third-order valence-corrected chi connectivity index (χ3v) is 6.48. The van der Waals surface area contributed by atoms with Crippen LogP contribution in [0.4, 0.5) is 11.4 Å². The molecule has 4 rings (SSSR count). The number of anilines is 2. The average molecular weight is 459 g/mol. The number of aryl methyl sites for hydroxylation is 2. The largest absolute Gasteiger partial charge is 0.382 e. The summed E-state index contributed by atoms with van der Waals surface area (Å²) < 4.78 is 11.1. The number of para-hydroxylation sites is 2. The molecule has 3 aromatic rings. The molecule has 3 aromatic carbocycles. The van der Waals surface area contributed by atoms with Crippen molar-refractivity contribution in [1.29, 1.82) is 0 Å². The van der Waals surface area contributed by atoms with E-state index in [0.29, 0.717) is 31.8 Å². The number of methoxy groups -OCH3 is 1. The number of hydrogen-bond acceptors (Lipinski definition) is 4. The number of rotatable bonds is 13. The normalized spacial score (nSPS) is 15.0. The van der Waals surface area contributed by atoms with Gasteiger partial charge in [-0.1, -0.05) is 71.8 Å². The van der Waals surface area contributed by atoms with Crippen LogP contribution in [0.5, 0.6) is 0 Å². The molecule has 0 amide bonds. The highest BCUT2D eigenvalue weighted by molar-refractivity contribution is 5.69. The number of nitrogens with one attached hydrogen (secondary N) is 2. The van der Waals surface area contributed by atoms with Gasteiger partial charge in [0.2, 0.25) is 0 Å². The van der Waals surface area contributed by atoms with Crippen LogP contribution < -0.4 is 10.6 Å². The molecule has 0 radical (unpaired) electrons. The van der Waals surface area contributed by atoms with Gasteiger partial charge in [0.1, 0.15) is 0 Å². The minimum atomic E-state index is 0.154. The van der Waals surface area contributed by atoms with E-state index in [1.807, 2.05) is 0 Å². The quantitative estimate of drug-likeness (QED) is 0.285. The predicted molar refractivity (Wildman–Crippen MR) is 142 cm³/mol. The van der Waals surface area contributed by atoms with Gasteiger partial charge in [-0.3, -0.25) is 0 Å². The zero-order valence-electron chi connectivity index (χ0n) is 20.7. The number of hydrogen-bond donors (Lipinski definition) is 2. The Bertz CT molecular complexity index is 1010. The second kappa shape index (κ2) is 12.0. The summed E-state index contributed by atoms with van der Waals surface area (Å²) in [5, 5.41) is 7.66. The van der Waals surface area contributed by atoms with Gasteiger partial charge in [-0.15, -0.1) is 0 Å². The van der Waals surface area contributed by atoms with Crippen LogP contribution in [-0.2, 0) is 15.9 Å². The monoisotopic (exact) mass is 458 g/mol. The summed E-state index contributed by atoms with van der Waals surface area (Å²) in [6.45, 7) is 6.09. The van der Waals surface area contributed by atoms with Gasteiger partial charge in [-0.05, 0) is 62.3 Å². The highest BCUT2D eigenvalue weighted by atomic mass is 16.5. The van der Waals surface area contributed by atoms with Crippen LogP contribution in [-0.4, -0.2) is 33.0 Å². The summed E-state index contributed by atoms with van der Waals surface area (Å²) in [7, 11) is 1.71. The molecule has 0 saturated heterocycles. The maximum atomic E-state index is 5.95. The maximum Gasteiger partial charge on any atom is 0.0701 e. The lowest BCUT2D eigenvalue weighted by Crippen LogP contribution is -2.29. The molecule has 0 spiro atoms. The van der Waals surface area contributed by atoms with E-state index in [1.165, 1.54) is 35.1 Å². The van der Waals surface area contributed by atoms with Crippen molar-refractivity contribution in [2.24, 2.45) is 5.92 Å². The van der Waals surface area contributed by atoms with Gasteiger partial charge in [-0.2, -0.15) is 0 Å². The molecular formula is C30H38N2O2. The van der Waals surface area contributed by atoms with Crippen LogP contribution in [0.1, 0.15) is 41.1 Å². The lowest BCUT2D eigenvalue weighted by Gasteiger charge is -2.26. The molecule has 4 nitrogen and oxygen atoms in total. The van der Waals surface area contributed by atoms with Gasteiger partial charge in [-0.25, -0.2) is 0 Å². The molecule has 180 valence electrons. The fourth-order valence-electron chi connectivity index (χ4n) is 4.33. The summed E-state index contributed by atoms with van der Waals surface area (Å²) in [5.74, 6) is 0.691. The zero-order valence-corrected chi connectivity index (χ0v) is 20.7. The SMILES string of the molecule is COCCOCC(Cc1ccc(C)cc1)Nc1ccccc1NC(c1ccc(C)cc1)C1CC1. The van der Waals surface area contributed by atoms with E-state index in [0.717, 1.165) is 17.8 Å². The molecule has 1 fully saturated rings. The molecule has 2 atom stereocenters. The van der Waals surface area contributed by atoms with Crippen molar-refractivity contribution in [3.05, 3.63) is 95.1 Å².